The van der Waals surface area contributed by atoms with Crippen LogP contribution in [-0.2, 0) is 17.5 Å². The number of carboxylic acid groups (broad SMARTS) is 1. The van der Waals surface area contributed by atoms with Crippen molar-refractivity contribution in [3.05, 3.63) is 72.2 Å². The highest BCUT2D eigenvalue weighted by atomic mass is 19.4. The minimum atomic E-state index is -5.08. The third kappa shape index (κ3) is 6.25. The number of carbonyl (C=O) groups is 1. The number of rotatable bonds is 4. The third-order valence-electron chi connectivity index (χ3n) is 4.62. The monoisotopic (exact) mass is 498 g/mol. The highest BCUT2D eigenvalue weighted by molar-refractivity contribution is 5.80. The van der Waals surface area contributed by atoms with Gasteiger partial charge in [0.15, 0.2) is 0 Å². The van der Waals surface area contributed by atoms with Gasteiger partial charge in [-0.15, -0.1) is 0 Å². The maximum absolute atomic E-state index is 13.0. The fourth-order valence-corrected chi connectivity index (χ4v) is 3.01. The van der Waals surface area contributed by atoms with Crippen LogP contribution >= 0.6 is 0 Å². The maximum atomic E-state index is 13.0. The second kappa shape index (κ2) is 9.99. The second-order valence-electron chi connectivity index (χ2n) is 6.98. The molecule has 4 rings (SSSR count). The number of hydrogen-bond donors (Lipinski definition) is 1. The van der Waals surface area contributed by atoms with Crippen LogP contribution in [0.2, 0.25) is 0 Å². The summed E-state index contributed by atoms with van der Waals surface area (Å²) in [5, 5.41) is 11.5. The molecule has 0 saturated heterocycles. The van der Waals surface area contributed by atoms with Gasteiger partial charge in [-0.25, -0.2) is 9.78 Å². The Balaban J connectivity index is 0.000000429. The van der Waals surface area contributed by atoms with Crippen LogP contribution in [0, 0.1) is 0 Å². The summed E-state index contributed by atoms with van der Waals surface area (Å²) in [6, 6.07) is 10.7. The number of benzene rings is 1. The summed E-state index contributed by atoms with van der Waals surface area (Å²) in [4.78, 5) is 17.4. The van der Waals surface area contributed by atoms with E-state index in [2.05, 4.69) is 15.1 Å². The molecule has 35 heavy (non-hydrogen) atoms. The van der Waals surface area contributed by atoms with E-state index in [1.807, 2.05) is 6.07 Å². The predicted molar refractivity (Wildman–Crippen MR) is 112 cm³/mol. The number of carboxylic acids is 1. The van der Waals surface area contributed by atoms with E-state index >= 15 is 0 Å². The number of fused-ring (bicyclic) bond motifs is 1. The lowest BCUT2D eigenvalue weighted by molar-refractivity contribution is -0.192. The standard InChI is InChI=1S/C20H15F3N4O.C2HF3O2/c1-28-19-14(5-3-7-24-19)12-27-18-9-15(10-25-17(18)11-26-27)13-4-2-6-16(8-13)20(21,22)23;3-2(4,5)1(6)7/h2-11H,12H2,1H3;(H,6,7). The normalized spacial score (nSPS) is 11.6. The van der Waals surface area contributed by atoms with Crippen LogP contribution in [-0.4, -0.2) is 44.1 Å². The molecule has 4 aromatic rings. The molecule has 0 aliphatic carbocycles. The fourth-order valence-electron chi connectivity index (χ4n) is 3.01. The van der Waals surface area contributed by atoms with Crippen molar-refractivity contribution in [1.82, 2.24) is 19.7 Å². The number of pyridine rings is 2. The Bertz CT molecular complexity index is 1330. The van der Waals surface area contributed by atoms with Crippen LogP contribution in [0.5, 0.6) is 5.88 Å². The van der Waals surface area contributed by atoms with Gasteiger partial charge in [0, 0.05) is 23.5 Å². The molecule has 0 radical (unpaired) electrons. The number of aromatic nitrogens is 4. The Labute approximate surface area is 193 Å². The van der Waals surface area contributed by atoms with E-state index < -0.39 is 23.9 Å². The second-order valence-corrected chi connectivity index (χ2v) is 6.98. The summed E-state index contributed by atoms with van der Waals surface area (Å²) in [7, 11) is 1.54. The van der Waals surface area contributed by atoms with Gasteiger partial charge in [0.25, 0.3) is 0 Å². The SMILES string of the molecule is COc1ncccc1Cn1ncc2ncc(-c3cccc(C(F)(F)F)c3)cc21.O=C(O)C(F)(F)F. The molecule has 0 spiro atoms. The molecular formula is C22H16F6N4O3. The largest absolute Gasteiger partial charge is 0.490 e. The van der Waals surface area contributed by atoms with Crippen molar-refractivity contribution in [3.8, 4) is 17.0 Å². The predicted octanol–water partition coefficient (Wildman–Crippen LogP) is 5.20. The highest BCUT2D eigenvalue weighted by Crippen LogP contribution is 2.32. The van der Waals surface area contributed by atoms with E-state index in [0.717, 1.165) is 17.7 Å². The number of halogens is 6. The third-order valence-corrected chi connectivity index (χ3v) is 4.62. The van der Waals surface area contributed by atoms with Gasteiger partial charge >= 0.3 is 18.3 Å². The van der Waals surface area contributed by atoms with Crippen molar-refractivity contribution in [2.75, 3.05) is 7.11 Å². The van der Waals surface area contributed by atoms with E-state index in [1.165, 1.54) is 6.07 Å². The fraction of sp³-hybridized carbons (Fsp3) is 0.182. The lowest BCUT2D eigenvalue weighted by Gasteiger charge is -2.10. The summed E-state index contributed by atoms with van der Waals surface area (Å²) in [5.41, 5.74) is 2.52. The number of hydrogen-bond acceptors (Lipinski definition) is 5. The number of ether oxygens (including phenoxy) is 1. The molecule has 13 heteroatoms. The summed E-state index contributed by atoms with van der Waals surface area (Å²) < 4.78 is 77.8. The Hall–Kier alpha value is -4.16. The molecule has 0 aliphatic heterocycles. The Morgan fingerprint density at radius 2 is 1.71 bits per heavy atom. The smallest absolute Gasteiger partial charge is 0.481 e. The van der Waals surface area contributed by atoms with Gasteiger partial charge in [-0.1, -0.05) is 18.2 Å². The van der Waals surface area contributed by atoms with Crippen molar-refractivity contribution in [3.63, 3.8) is 0 Å². The minimum Gasteiger partial charge on any atom is -0.481 e. The topological polar surface area (TPSA) is 90.1 Å². The molecule has 184 valence electrons. The summed E-state index contributed by atoms with van der Waals surface area (Å²) in [5.74, 6) is -2.26. The summed E-state index contributed by atoms with van der Waals surface area (Å²) in [6.45, 7) is 0.397. The average molecular weight is 498 g/mol. The lowest BCUT2D eigenvalue weighted by atomic mass is 10.0. The van der Waals surface area contributed by atoms with Gasteiger partial charge in [0.1, 0.15) is 5.52 Å². The van der Waals surface area contributed by atoms with Crippen molar-refractivity contribution < 1.29 is 41.0 Å². The molecule has 0 bridgehead atoms. The van der Waals surface area contributed by atoms with Crippen LogP contribution in [0.3, 0.4) is 0 Å². The molecule has 0 amide bonds. The van der Waals surface area contributed by atoms with E-state index in [4.69, 9.17) is 14.6 Å². The van der Waals surface area contributed by atoms with Gasteiger partial charge in [-0.05, 0) is 29.8 Å². The molecule has 0 unspecified atom stereocenters. The van der Waals surface area contributed by atoms with Gasteiger partial charge in [0.2, 0.25) is 5.88 Å². The van der Waals surface area contributed by atoms with Crippen molar-refractivity contribution in [2.45, 2.75) is 18.9 Å². The first-order chi connectivity index (χ1) is 16.4. The van der Waals surface area contributed by atoms with Crippen molar-refractivity contribution in [2.24, 2.45) is 0 Å². The lowest BCUT2D eigenvalue weighted by Crippen LogP contribution is -2.21. The zero-order chi connectivity index (χ0) is 25.8. The quantitative estimate of drug-likeness (QED) is 0.389. The van der Waals surface area contributed by atoms with Crippen LogP contribution < -0.4 is 4.74 Å². The van der Waals surface area contributed by atoms with E-state index in [-0.39, 0.29) is 0 Å². The molecule has 3 aromatic heterocycles. The Morgan fingerprint density at radius 1 is 1.00 bits per heavy atom. The van der Waals surface area contributed by atoms with E-state index in [1.54, 1.807) is 48.6 Å². The van der Waals surface area contributed by atoms with E-state index in [0.29, 0.717) is 34.6 Å². The van der Waals surface area contributed by atoms with Crippen LogP contribution in [0.4, 0.5) is 26.3 Å². The molecule has 1 N–H and O–H groups in total. The molecular weight excluding hydrogens is 482 g/mol. The minimum absolute atomic E-state index is 0.397. The number of methoxy groups -OCH3 is 1. The average Bonchev–Trinajstić information content (AvgIpc) is 3.21. The maximum Gasteiger partial charge on any atom is 0.490 e. The zero-order valence-corrected chi connectivity index (χ0v) is 17.8. The van der Waals surface area contributed by atoms with Gasteiger partial charge < -0.3 is 9.84 Å². The van der Waals surface area contributed by atoms with E-state index in [9.17, 15) is 26.3 Å². The summed E-state index contributed by atoms with van der Waals surface area (Å²) in [6.07, 6.45) is -4.68. The summed E-state index contributed by atoms with van der Waals surface area (Å²) >= 11 is 0. The Morgan fingerprint density at radius 3 is 2.34 bits per heavy atom. The number of nitrogens with zero attached hydrogens (tertiary/aromatic N) is 4. The molecule has 0 aliphatic rings. The van der Waals surface area contributed by atoms with Gasteiger partial charge in [0.05, 0.1) is 30.9 Å². The Kier molecular flexibility index (Phi) is 7.27. The molecule has 3 heterocycles. The number of aliphatic carboxylic acids is 1. The van der Waals surface area contributed by atoms with Crippen LogP contribution in [0.25, 0.3) is 22.2 Å². The number of alkyl halides is 6. The molecule has 7 nitrogen and oxygen atoms in total. The first-order valence-electron chi connectivity index (χ1n) is 9.67. The van der Waals surface area contributed by atoms with Crippen LogP contribution in [0.15, 0.2) is 61.1 Å². The molecule has 0 atom stereocenters. The van der Waals surface area contributed by atoms with Crippen molar-refractivity contribution in [1.29, 1.82) is 0 Å². The molecule has 1 aromatic carbocycles. The zero-order valence-electron chi connectivity index (χ0n) is 17.8. The van der Waals surface area contributed by atoms with Gasteiger partial charge in [-0.2, -0.15) is 31.4 Å². The van der Waals surface area contributed by atoms with Gasteiger partial charge in [-0.3, -0.25) is 9.67 Å². The molecule has 0 saturated carbocycles. The first-order valence-corrected chi connectivity index (χ1v) is 9.67. The van der Waals surface area contributed by atoms with Crippen LogP contribution in [0.1, 0.15) is 11.1 Å². The molecule has 0 fully saturated rings. The van der Waals surface area contributed by atoms with Crippen molar-refractivity contribution >= 4 is 17.0 Å². The first kappa shape index (κ1) is 25.5. The highest BCUT2D eigenvalue weighted by Gasteiger charge is 2.38.